The van der Waals surface area contributed by atoms with Crippen molar-refractivity contribution in [3.8, 4) is 5.75 Å². The topological polar surface area (TPSA) is 124 Å². The van der Waals surface area contributed by atoms with E-state index < -0.39 is 16.8 Å². The van der Waals surface area contributed by atoms with Crippen LogP contribution in [-0.4, -0.2) is 22.5 Å². The van der Waals surface area contributed by atoms with Gasteiger partial charge in [0.2, 0.25) is 5.76 Å². The highest BCUT2D eigenvalue weighted by atomic mass is 16.6. The van der Waals surface area contributed by atoms with Crippen molar-refractivity contribution in [2.24, 2.45) is 5.10 Å². The molecule has 1 aliphatic rings. The van der Waals surface area contributed by atoms with E-state index in [2.05, 4.69) is 10.5 Å². The molecule has 0 unspecified atom stereocenters. The summed E-state index contributed by atoms with van der Waals surface area (Å²) < 4.78 is 11.3. The summed E-state index contributed by atoms with van der Waals surface area (Å²) in [6.45, 7) is 3.80. The van der Waals surface area contributed by atoms with E-state index in [9.17, 15) is 19.7 Å². The number of furan rings is 1. The van der Waals surface area contributed by atoms with Crippen LogP contribution < -0.4 is 10.2 Å². The van der Waals surface area contributed by atoms with Gasteiger partial charge in [0, 0.05) is 35.2 Å². The van der Waals surface area contributed by atoms with E-state index in [1.54, 1.807) is 19.1 Å². The third-order valence-electron chi connectivity index (χ3n) is 5.66. The molecular formula is C25H23N3O6. The number of rotatable bonds is 6. The molecule has 34 heavy (non-hydrogen) atoms. The van der Waals surface area contributed by atoms with E-state index in [0.29, 0.717) is 41.2 Å². The van der Waals surface area contributed by atoms with Gasteiger partial charge in [0.1, 0.15) is 11.5 Å². The van der Waals surface area contributed by atoms with E-state index >= 15 is 0 Å². The predicted octanol–water partition coefficient (Wildman–Crippen LogP) is 4.75. The molecule has 0 saturated heterocycles. The number of non-ortho nitro benzene ring substituents is 1. The first kappa shape index (κ1) is 22.9. The number of ether oxygens (including phenoxy) is 1. The quantitative estimate of drug-likeness (QED) is 0.245. The molecule has 0 fully saturated rings. The average molecular weight is 461 g/mol. The Hall–Kier alpha value is -4.27. The fraction of sp³-hybridized carbons (Fsp3) is 0.240. The Labute approximate surface area is 195 Å². The first-order valence-electron chi connectivity index (χ1n) is 10.9. The smallest absolute Gasteiger partial charge is 0.379 e. The van der Waals surface area contributed by atoms with Crippen LogP contribution >= 0.6 is 0 Å². The molecule has 174 valence electrons. The summed E-state index contributed by atoms with van der Waals surface area (Å²) in [5.74, 6) is -0.0330. The summed E-state index contributed by atoms with van der Waals surface area (Å²) in [7, 11) is 0. The Balaban J connectivity index is 1.54. The molecule has 4 rings (SSSR count). The second-order valence-corrected chi connectivity index (χ2v) is 7.90. The van der Waals surface area contributed by atoms with Crippen molar-refractivity contribution in [1.82, 2.24) is 5.43 Å². The van der Waals surface area contributed by atoms with Crippen molar-refractivity contribution in [2.45, 2.75) is 39.5 Å². The number of nitro groups is 1. The van der Waals surface area contributed by atoms with Crippen LogP contribution in [0.4, 0.5) is 5.69 Å². The summed E-state index contributed by atoms with van der Waals surface area (Å²) >= 11 is 0. The molecule has 0 saturated carbocycles. The number of hydrazone groups is 1. The molecule has 0 atom stereocenters. The maximum absolute atomic E-state index is 12.8. The molecule has 1 aromatic heterocycles. The fourth-order valence-electron chi connectivity index (χ4n) is 3.86. The molecule has 9 nitrogen and oxygen atoms in total. The maximum Gasteiger partial charge on any atom is 0.379 e. The SMILES string of the molecule is CCc1ccc(OC(=O)c2oc3c(c2C)/C(=N/NC(=O)c2cccc([N+](=O)[O-])c2)CCC3)cc1. The van der Waals surface area contributed by atoms with E-state index in [1.165, 1.54) is 24.3 Å². The molecule has 1 amide bonds. The van der Waals surface area contributed by atoms with Gasteiger partial charge in [-0.3, -0.25) is 14.9 Å². The van der Waals surface area contributed by atoms with Crippen molar-refractivity contribution in [1.29, 1.82) is 0 Å². The van der Waals surface area contributed by atoms with E-state index in [0.717, 1.165) is 18.4 Å². The third-order valence-corrected chi connectivity index (χ3v) is 5.66. The van der Waals surface area contributed by atoms with Crippen LogP contribution in [0.2, 0.25) is 0 Å². The van der Waals surface area contributed by atoms with Crippen LogP contribution in [0, 0.1) is 17.0 Å². The number of nitrogens with zero attached hydrogens (tertiary/aromatic N) is 2. The number of carbonyl (C=O) groups excluding carboxylic acids is 2. The minimum Gasteiger partial charge on any atom is -0.453 e. The minimum atomic E-state index is -0.601. The average Bonchev–Trinajstić information content (AvgIpc) is 3.20. The van der Waals surface area contributed by atoms with Crippen molar-refractivity contribution >= 4 is 23.3 Å². The number of hydrogen-bond acceptors (Lipinski definition) is 7. The lowest BCUT2D eigenvalue weighted by Gasteiger charge is -2.13. The van der Waals surface area contributed by atoms with Crippen LogP contribution in [0.15, 0.2) is 58.0 Å². The van der Waals surface area contributed by atoms with Gasteiger partial charge in [-0.15, -0.1) is 0 Å². The highest BCUT2D eigenvalue weighted by Gasteiger charge is 2.29. The van der Waals surface area contributed by atoms with Gasteiger partial charge in [0.15, 0.2) is 0 Å². The summed E-state index contributed by atoms with van der Waals surface area (Å²) in [5.41, 5.74) is 5.38. The van der Waals surface area contributed by atoms with Gasteiger partial charge in [0.05, 0.1) is 10.6 Å². The highest BCUT2D eigenvalue weighted by Crippen LogP contribution is 2.30. The van der Waals surface area contributed by atoms with Crippen LogP contribution in [0.5, 0.6) is 5.75 Å². The number of nitrogens with one attached hydrogen (secondary N) is 1. The lowest BCUT2D eigenvalue weighted by molar-refractivity contribution is -0.384. The fourth-order valence-corrected chi connectivity index (χ4v) is 3.86. The van der Waals surface area contributed by atoms with Crippen molar-refractivity contribution in [3.05, 3.63) is 92.4 Å². The summed E-state index contributed by atoms with van der Waals surface area (Å²) in [5, 5.41) is 15.2. The number of hydrogen-bond donors (Lipinski definition) is 1. The molecule has 0 bridgehead atoms. The van der Waals surface area contributed by atoms with Gasteiger partial charge >= 0.3 is 5.97 Å². The van der Waals surface area contributed by atoms with Gasteiger partial charge < -0.3 is 9.15 Å². The minimum absolute atomic E-state index is 0.101. The number of aryl methyl sites for hydroxylation is 2. The molecule has 1 heterocycles. The zero-order valence-electron chi connectivity index (χ0n) is 18.8. The molecule has 1 aliphatic carbocycles. The number of fused-ring (bicyclic) bond motifs is 1. The Morgan fingerprint density at radius 2 is 1.94 bits per heavy atom. The second-order valence-electron chi connectivity index (χ2n) is 7.90. The van der Waals surface area contributed by atoms with Gasteiger partial charge in [-0.25, -0.2) is 10.2 Å². The maximum atomic E-state index is 12.8. The third kappa shape index (κ3) is 4.73. The van der Waals surface area contributed by atoms with E-state index in [-0.39, 0.29) is 17.0 Å². The molecule has 1 N–H and O–H groups in total. The monoisotopic (exact) mass is 461 g/mol. The number of carbonyl (C=O) groups is 2. The number of nitro benzene ring substituents is 1. The number of benzene rings is 2. The van der Waals surface area contributed by atoms with E-state index in [4.69, 9.17) is 9.15 Å². The first-order chi connectivity index (χ1) is 16.4. The molecule has 3 aromatic rings. The zero-order valence-corrected chi connectivity index (χ0v) is 18.8. The number of esters is 1. The Bertz CT molecular complexity index is 1290. The molecule has 0 aliphatic heterocycles. The predicted molar refractivity (Wildman–Crippen MR) is 124 cm³/mol. The van der Waals surface area contributed by atoms with Crippen LogP contribution in [0.25, 0.3) is 0 Å². The van der Waals surface area contributed by atoms with Crippen LogP contribution in [-0.2, 0) is 12.8 Å². The Kier molecular flexibility index (Phi) is 6.53. The molecule has 2 aromatic carbocycles. The Morgan fingerprint density at radius 3 is 2.65 bits per heavy atom. The lowest BCUT2D eigenvalue weighted by atomic mass is 9.93. The highest BCUT2D eigenvalue weighted by molar-refractivity contribution is 6.06. The van der Waals surface area contributed by atoms with E-state index in [1.807, 2.05) is 19.1 Å². The van der Waals surface area contributed by atoms with Gasteiger partial charge in [-0.1, -0.05) is 25.1 Å². The number of amides is 1. The summed E-state index contributed by atoms with van der Waals surface area (Å²) in [6, 6.07) is 12.7. The van der Waals surface area contributed by atoms with Crippen LogP contribution in [0.1, 0.15) is 63.1 Å². The largest absolute Gasteiger partial charge is 0.453 e. The standard InChI is InChI=1S/C25H23N3O6/c1-3-16-10-12-19(13-11-16)33-25(30)23-15(2)22-20(8-5-9-21(22)34-23)26-27-24(29)17-6-4-7-18(14-17)28(31)32/h4,6-7,10-14H,3,5,8-9H2,1-2H3,(H,27,29)/b26-20+. The van der Waals surface area contributed by atoms with Crippen molar-refractivity contribution in [3.63, 3.8) is 0 Å². The normalized spacial score (nSPS) is 13.9. The zero-order chi connectivity index (χ0) is 24.2. The van der Waals surface area contributed by atoms with Gasteiger partial charge in [-0.2, -0.15) is 5.10 Å². The molecule has 0 radical (unpaired) electrons. The summed E-state index contributed by atoms with van der Waals surface area (Å²) in [6.07, 6.45) is 2.83. The van der Waals surface area contributed by atoms with Crippen molar-refractivity contribution in [2.75, 3.05) is 0 Å². The first-order valence-corrected chi connectivity index (χ1v) is 10.9. The lowest BCUT2D eigenvalue weighted by Crippen LogP contribution is -2.22. The van der Waals surface area contributed by atoms with Gasteiger partial charge in [-0.05, 0) is 49.9 Å². The van der Waals surface area contributed by atoms with Crippen molar-refractivity contribution < 1.29 is 23.7 Å². The summed E-state index contributed by atoms with van der Waals surface area (Å²) in [4.78, 5) is 35.6. The second kappa shape index (κ2) is 9.70. The molecule has 0 spiro atoms. The molecular weight excluding hydrogens is 438 g/mol. The Morgan fingerprint density at radius 1 is 1.18 bits per heavy atom. The van der Waals surface area contributed by atoms with Gasteiger partial charge in [0.25, 0.3) is 11.6 Å². The van der Waals surface area contributed by atoms with Crippen LogP contribution in [0.3, 0.4) is 0 Å². The molecule has 9 heteroatoms.